The Kier molecular flexibility index (Phi) is 7.94. The minimum Gasteiger partial charge on any atom is -0.366 e. The summed E-state index contributed by atoms with van der Waals surface area (Å²) in [5.74, 6) is 1.20. The summed E-state index contributed by atoms with van der Waals surface area (Å²) in [7, 11) is 1.87. The minimum atomic E-state index is -0.0881. The smallest absolute Gasteiger partial charge is 0.229 e. The summed E-state index contributed by atoms with van der Waals surface area (Å²) in [5, 5.41) is 22.8. The Balaban J connectivity index is 1.73. The molecular weight excluding hydrogens is 388 g/mol. The average molecular weight is 416 g/mol. The first-order valence-electron chi connectivity index (χ1n) is 9.74. The van der Waals surface area contributed by atoms with Crippen molar-refractivity contribution in [3.63, 3.8) is 0 Å². The Morgan fingerprint density at radius 3 is 2.86 bits per heavy atom. The van der Waals surface area contributed by atoms with Crippen LogP contribution >= 0.6 is 11.6 Å². The number of allylic oxidation sites excluding steroid dienone is 1. The number of halogens is 1. The Labute approximate surface area is 176 Å². The number of hydrogen-bond acceptors (Lipinski definition) is 7. The van der Waals surface area contributed by atoms with E-state index >= 15 is 0 Å². The van der Waals surface area contributed by atoms with Gasteiger partial charge in [0.2, 0.25) is 5.95 Å². The quantitative estimate of drug-likeness (QED) is 0.325. The molecule has 0 amide bonds. The summed E-state index contributed by atoms with van der Waals surface area (Å²) in [5.41, 5.74) is 2.68. The van der Waals surface area contributed by atoms with Gasteiger partial charge in [0.1, 0.15) is 22.9 Å². The Morgan fingerprint density at radius 2 is 2.17 bits per heavy atom. The molecule has 0 saturated carbocycles. The number of nitrogens with one attached hydrogen (secondary N) is 5. The molecule has 154 valence electrons. The molecule has 1 aromatic carbocycles. The van der Waals surface area contributed by atoms with Crippen molar-refractivity contribution in [1.29, 1.82) is 5.41 Å². The van der Waals surface area contributed by atoms with Crippen molar-refractivity contribution >= 4 is 28.5 Å². The number of nitrogens with two attached hydrogens (primary N) is 1. The summed E-state index contributed by atoms with van der Waals surface area (Å²) in [6.07, 6.45) is 4.58. The molecule has 3 rings (SSSR count). The molecule has 1 atom stereocenters. The number of benzene rings is 1. The van der Waals surface area contributed by atoms with Gasteiger partial charge in [-0.2, -0.15) is 4.98 Å². The van der Waals surface area contributed by atoms with Crippen LogP contribution in [0, 0.1) is 5.41 Å². The molecule has 2 heterocycles. The maximum absolute atomic E-state index is 7.68. The Hall–Kier alpha value is -2.52. The maximum Gasteiger partial charge on any atom is 0.229 e. The van der Waals surface area contributed by atoms with E-state index in [1.165, 1.54) is 5.56 Å². The van der Waals surface area contributed by atoms with Gasteiger partial charge < -0.3 is 26.6 Å². The highest BCUT2D eigenvalue weighted by Gasteiger charge is 2.17. The van der Waals surface area contributed by atoms with E-state index in [0.717, 1.165) is 37.4 Å². The monoisotopic (exact) mass is 415 g/mol. The number of aromatic nitrogens is 2. The van der Waals surface area contributed by atoms with Crippen LogP contribution in [0.25, 0.3) is 0 Å². The Bertz CT molecular complexity index is 834. The van der Waals surface area contributed by atoms with Crippen LogP contribution in [0.1, 0.15) is 17.5 Å². The fraction of sp³-hybridized carbons (Fsp3) is 0.350. The third kappa shape index (κ3) is 6.50. The number of anilines is 2. The van der Waals surface area contributed by atoms with E-state index in [1.54, 1.807) is 6.20 Å². The van der Waals surface area contributed by atoms with Gasteiger partial charge in [-0.15, -0.1) is 0 Å². The summed E-state index contributed by atoms with van der Waals surface area (Å²) in [6, 6.07) is 10.6. The van der Waals surface area contributed by atoms with Crippen LogP contribution in [0.5, 0.6) is 0 Å². The predicted octanol–water partition coefficient (Wildman–Crippen LogP) is 1.20. The number of rotatable bonds is 10. The first-order valence-corrected chi connectivity index (χ1v) is 10.1. The summed E-state index contributed by atoms with van der Waals surface area (Å²) in [4.78, 5) is 9.07. The molecule has 0 bridgehead atoms. The molecule has 9 heteroatoms. The summed E-state index contributed by atoms with van der Waals surface area (Å²) >= 11 is 5.85. The highest BCUT2D eigenvalue weighted by molar-refractivity contribution is 6.68. The van der Waals surface area contributed by atoms with Crippen molar-refractivity contribution in [3.8, 4) is 0 Å². The van der Waals surface area contributed by atoms with Crippen molar-refractivity contribution in [1.82, 2.24) is 20.6 Å². The van der Waals surface area contributed by atoms with Gasteiger partial charge in [-0.3, -0.25) is 5.41 Å². The first-order chi connectivity index (χ1) is 14.2. The third-order valence-electron chi connectivity index (χ3n) is 4.57. The van der Waals surface area contributed by atoms with Gasteiger partial charge in [0, 0.05) is 37.4 Å². The van der Waals surface area contributed by atoms with Crippen molar-refractivity contribution in [2.45, 2.75) is 25.6 Å². The zero-order chi connectivity index (χ0) is 20.5. The number of nitrogens with zero attached hydrogens (tertiary/aromatic N) is 2. The molecule has 2 aromatic rings. The van der Waals surface area contributed by atoms with Crippen LogP contribution in [-0.2, 0) is 13.1 Å². The van der Waals surface area contributed by atoms with E-state index in [0.29, 0.717) is 24.2 Å². The molecule has 1 fully saturated rings. The van der Waals surface area contributed by atoms with Crippen molar-refractivity contribution in [2.24, 2.45) is 0 Å². The van der Waals surface area contributed by atoms with Crippen LogP contribution in [0.3, 0.4) is 0 Å². The maximum atomic E-state index is 7.68. The van der Waals surface area contributed by atoms with Gasteiger partial charge in [-0.25, -0.2) is 4.98 Å². The fourth-order valence-electron chi connectivity index (χ4n) is 3.09. The highest BCUT2D eigenvalue weighted by Crippen LogP contribution is 2.18. The van der Waals surface area contributed by atoms with Crippen LogP contribution in [0.15, 0.2) is 48.4 Å². The largest absolute Gasteiger partial charge is 0.366 e. The molecule has 1 aliphatic rings. The van der Waals surface area contributed by atoms with Gasteiger partial charge in [0.25, 0.3) is 0 Å². The lowest BCUT2D eigenvalue weighted by atomic mass is 10.2. The second kappa shape index (κ2) is 10.9. The van der Waals surface area contributed by atoms with Crippen LogP contribution in [-0.4, -0.2) is 41.3 Å². The van der Waals surface area contributed by atoms with Gasteiger partial charge in [0.15, 0.2) is 0 Å². The minimum absolute atomic E-state index is 0.0881. The highest BCUT2D eigenvalue weighted by atomic mass is 35.5. The number of quaternary nitrogens is 1. The van der Waals surface area contributed by atoms with Crippen molar-refractivity contribution in [2.75, 3.05) is 30.8 Å². The van der Waals surface area contributed by atoms with Crippen molar-refractivity contribution in [3.05, 3.63) is 59.6 Å². The third-order valence-corrected chi connectivity index (χ3v) is 4.77. The predicted molar refractivity (Wildman–Crippen MR) is 117 cm³/mol. The van der Waals surface area contributed by atoms with E-state index in [-0.39, 0.29) is 5.17 Å². The van der Waals surface area contributed by atoms with E-state index in [9.17, 15) is 0 Å². The SMILES string of the molecule is C[NH2+]/C=C(/Nc1ncc(CNCc2ccccc2)c(N[C@@H]2CCNC2)n1)C(=N)Cl. The molecule has 1 saturated heterocycles. The number of hydrogen-bond donors (Lipinski definition) is 6. The molecule has 0 radical (unpaired) electrons. The second-order valence-corrected chi connectivity index (χ2v) is 7.22. The van der Waals surface area contributed by atoms with Crippen molar-refractivity contribution < 1.29 is 5.32 Å². The zero-order valence-electron chi connectivity index (χ0n) is 16.5. The van der Waals surface area contributed by atoms with Gasteiger partial charge >= 0.3 is 0 Å². The van der Waals surface area contributed by atoms with Crippen LogP contribution < -0.4 is 26.6 Å². The molecule has 1 aromatic heterocycles. The van der Waals surface area contributed by atoms with Gasteiger partial charge in [-0.1, -0.05) is 41.9 Å². The summed E-state index contributed by atoms with van der Waals surface area (Å²) in [6.45, 7) is 3.33. The lowest BCUT2D eigenvalue weighted by Gasteiger charge is -2.17. The van der Waals surface area contributed by atoms with Crippen LogP contribution in [0.2, 0.25) is 0 Å². The topological polar surface area (TPSA) is 114 Å². The van der Waals surface area contributed by atoms with E-state index in [2.05, 4.69) is 43.4 Å². The average Bonchev–Trinajstić information content (AvgIpc) is 3.23. The van der Waals surface area contributed by atoms with E-state index in [4.69, 9.17) is 17.0 Å². The zero-order valence-corrected chi connectivity index (χ0v) is 17.3. The normalized spacial score (nSPS) is 16.6. The van der Waals surface area contributed by atoms with Crippen LogP contribution in [0.4, 0.5) is 11.8 Å². The first kappa shape index (κ1) is 21.2. The summed E-state index contributed by atoms with van der Waals surface area (Å²) < 4.78 is 0. The fourth-order valence-corrected chi connectivity index (χ4v) is 3.20. The van der Waals surface area contributed by atoms with Gasteiger partial charge in [0.05, 0.1) is 7.05 Å². The molecule has 0 spiro atoms. The van der Waals surface area contributed by atoms with E-state index in [1.807, 2.05) is 36.8 Å². The second-order valence-electron chi connectivity index (χ2n) is 6.84. The molecule has 1 aliphatic heterocycles. The molecule has 0 aliphatic carbocycles. The lowest BCUT2D eigenvalue weighted by molar-refractivity contribution is -0.556. The molecule has 29 heavy (non-hydrogen) atoms. The molecule has 7 N–H and O–H groups in total. The van der Waals surface area contributed by atoms with Gasteiger partial charge in [-0.05, 0) is 18.5 Å². The van der Waals surface area contributed by atoms with E-state index < -0.39 is 0 Å². The standard InChI is InChI=1S/C20H27ClN8/c1-23-13-17(18(21)22)28-20-26-11-15(10-25-9-14-5-3-2-4-6-14)19(29-20)27-16-7-8-24-12-16/h2-6,11,13,16,22-25H,7-10,12H2,1H3,(H2,26,27,28,29)/p+1/b17-13+,22-18?/t16-/m1/s1. The lowest BCUT2D eigenvalue weighted by Crippen LogP contribution is -2.73. The Morgan fingerprint density at radius 1 is 1.34 bits per heavy atom. The molecular formula is C20H28ClN8+. The molecule has 0 unspecified atom stereocenters. The molecule has 8 nitrogen and oxygen atoms in total.